The minimum Gasteiger partial charge on any atom is -0.448 e. The summed E-state index contributed by atoms with van der Waals surface area (Å²) in [7, 11) is 0. The number of hydrogen-bond donors (Lipinski definition) is 2. The van der Waals surface area contributed by atoms with Gasteiger partial charge in [0.2, 0.25) is 5.60 Å². The van der Waals surface area contributed by atoms with E-state index < -0.39 is 52.6 Å². The van der Waals surface area contributed by atoms with Gasteiger partial charge in [0.1, 0.15) is 28.4 Å². The molecule has 0 aliphatic carbocycles. The first kappa shape index (κ1) is 46.5. The van der Waals surface area contributed by atoms with Crippen molar-refractivity contribution in [1.29, 1.82) is 0 Å². The highest BCUT2D eigenvalue weighted by Crippen LogP contribution is 2.45. The van der Waals surface area contributed by atoms with Crippen molar-refractivity contribution >= 4 is 74.7 Å². The van der Waals surface area contributed by atoms with Gasteiger partial charge in [0.15, 0.2) is 22.1 Å². The molecule has 6 aromatic rings. The van der Waals surface area contributed by atoms with Gasteiger partial charge in [0.05, 0.1) is 0 Å². The number of carbonyl (C=O) groups excluding carboxylic acids is 5. The van der Waals surface area contributed by atoms with Crippen LogP contribution in [0, 0.1) is 0 Å². The zero-order chi connectivity index (χ0) is 47.1. The number of aromatic nitrogens is 1. The van der Waals surface area contributed by atoms with E-state index in [1.807, 2.05) is 152 Å². The molecule has 0 radical (unpaired) electrons. The van der Waals surface area contributed by atoms with Crippen molar-refractivity contribution in [3.05, 3.63) is 201 Å². The lowest BCUT2D eigenvalue weighted by atomic mass is 9.80. The number of nitrogens with zero attached hydrogens (tertiary/aromatic N) is 3. The molecule has 3 heterocycles. The maximum atomic E-state index is 14.8. The van der Waals surface area contributed by atoms with Crippen LogP contribution < -0.4 is 10.6 Å². The first-order valence-electron chi connectivity index (χ1n) is 21.2. The predicted molar refractivity (Wildman–Crippen MR) is 260 cm³/mol. The van der Waals surface area contributed by atoms with Crippen LogP contribution in [-0.2, 0) is 39.1 Å². The lowest BCUT2D eigenvalue weighted by molar-refractivity contribution is -0.154. The third-order valence-corrected chi connectivity index (χ3v) is 13.6. The number of carbonyl (C=O) groups is 5. The van der Waals surface area contributed by atoms with Gasteiger partial charge in [0, 0.05) is 39.7 Å². The number of amides is 3. The molecule has 16 heteroatoms. The van der Waals surface area contributed by atoms with Gasteiger partial charge in [-0.1, -0.05) is 169 Å². The molecule has 1 aromatic heterocycles. The number of fused-ring (bicyclic) bond motifs is 1. The van der Waals surface area contributed by atoms with Gasteiger partial charge in [-0.25, -0.2) is 14.6 Å². The molecular formula is C51H45N5O8S3. The predicted octanol–water partition coefficient (Wildman–Crippen LogP) is 9.43. The van der Waals surface area contributed by atoms with Gasteiger partial charge >= 0.3 is 12.1 Å². The maximum Gasteiger partial charge on any atom is 0.413 e. The standard InChI is InChI=1S/C51H45N5O8S3/c1-32(57)67-39-31-65-46-41(45(59)56(46)42(39)47(60)62-43(33-20-10-5-11-21-33)34-22-12-6-13-23-34)53-44(58)40(38-30-66-48(52-38)54-49(61)63-50(2,3)4)55-64-51(35-24-14-7-15-25-35,36-26-16-8-17-27-36)37-28-18-9-19-29-37/h5-30,41,43,46H,31H2,1-4H3,(H,53,58)(H,52,54,61). The van der Waals surface area contributed by atoms with Gasteiger partial charge in [0.25, 0.3) is 11.8 Å². The topological polar surface area (TPSA) is 166 Å². The summed E-state index contributed by atoms with van der Waals surface area (Å²) in [5.74, 6) is -2.04. The second-order valence-electron chi connectivity index (χ2n) is 16.3. The third-order valence-electron chi connectivity index (χ3n) is 10.5. The van der Waals surface area contributed by atoms with Crippen molar-refractivity contribution < 1.29 is 38.3 Å². The number of thiazole rings is 1. The Kier molecular flexibility index (Phi) is 14.1. The fourth-order valence-corrected chi connectivity index (χ4v) is 10.6. The van der Waals surface area contributed by atoms with Crippen LogP contribution >= 0.6 is 34.9 Å². The first-order valence-corrected chi connectivity index (χ1v) is 23.9. The number of oxime groups is 1. The Hall–Kier alpha value is -7.01. The van der Waals surface area contributed by atoms with Gasteiger partial charge in [-0.2, -0.15) is 0 Å². The number of nitrogens with one attached hydrogen (secondary N) is 2. The van der Waals surface area contributed by atoms with Gasteiger partial charge in [-0.3, -0.25) is 24.6 Å². The number of benzene rings is 5. The summed E-state index contributed by atoms with van der Waals surface area (Å²) in [4.78, 5) is 81.8. The van der Waals surface area contributed by atoms with Crippen LogP contribution in [0.2, 0.25) is 0 Å². The summed E-state index contributed by atoms with van der Waals surface area (Å²) in [6.07, 6.45) is -1.57. The molecule has 1 saturated heterocycles. The lowest BCUT2D eigenvalue weighted by Gasteiger charge is -2.49. The molecule has 13 nitrogen and oxygen atoms in total. The van der Waals surface area contributed by atoms with Crippen molar-refractivity contribution in [1.82, 2.24) is 15.2 Å². The Morgan fingerprint density at radius 1 is 0.776 bits per heavy atom. The molecule has 8 rings (SSSR count). The average molecular weight is 952 g/mol. The third kappa shape index (κ3) is 10.4. The average Bonchev–Trinajstić information content (AvgIpc) is 3.79. The molecule has 2 aliphatic rings. The van der Waals surface area contributed by atoms with E-state index in [4.69, 9.17) is 14.3 Å². The molecular weight excluding hydrogens is 907 g/mol. The monoisotopic (exact) mass is 951 g/mol. The molecule has 1 fully saturated rings. The van der Waals surface area contributed by atoms with E-state index >= 15 is 0 Å². The van der Waals surface area contributed by atoms with Crippen molar-refractivity contribution in [2.24, 2.45) is 5.16 Å². The largest absolute Gasteiger partial charge is 0.448 e. The quantitative estimate of drug-likeness (QED) is 0.0351. The molecule has 2 atom stereocenters. The first-order chi connectivity index (χ1) is 32.3. The zero-order valence-electron chi connectivity index (χ0n) is 36.8. The smallest absolute Gasteiger partial charge is 0.413 e. The van der Waals surface area contributed by atoms with E-state index in [-0.39, 0.29) is 33.1 Å². The summed E-state index contributed by atoms with van der Waals surface area (Å²) in [6, 6.07) is 45.6. The van der Waals surface area contributed by atoms with Gasteiger partial charge in [-0.15, -0.1) is 23.1 Å². The van der Waals surface area contributed by atoms with Crippen molar-refractivity contribution in [3.63, 3.8) is 0 Å². The number of hydrogen-bond acceptors (Lipinski definition) is 13. The molecule has 0 saturated carbocycles. The maximum absolute atomic E-state index is 14.8. The summed E-state index contributed by atoms with van der Waals surface area (Å²) in [6.45, 7) is 6.58. The molecule has 3 amide bonds. The molecule has 2 unspecified atom stereocenters. The van der Waals surface area contributed by atoms with E-state index in [1.165, 1.54) is 29.0 Å². The van der Waals surface area contributed by atoms with E-state index in [1.54, 1.807) is 20.8 Å². The van der Waals surface area contributed by atoms with Crippen LogP contribution in [0.5, 0.6) is 0 Å². The highest BCUT2D eigenvalue weighted by atomic mass is 32.2. The molecule has 0 spiro atoms. The van der Waals surface area contributed by atoms with Crippen LogP contribution in [0.1, 0.15) is 67.3 Å². The van der Waals surface area contributed by atoms with Gasteiger partial charge in [-0.05, 0) is 31.9 Å². The summed E-state index contributed by atoms with van der Waals surface area (Å²) < 4.78 is 11.7. The molecule has 0 bridgehead atoms. The molecule has 5 aromatic carbocycles. The minimum absolute atomic E-state index is 0.0359. The number of anilines is 1. The van der Waals surface area contributed by atoms with E-state index in [0.29, 0.717) is 32.7 Å². The number of β-lactam (4-membered cyclic amide) rings is 1. The van der Waals surface area contributed by atoms with Crippen LogP contribution in [-0.4, -0.2) is 67.4 Å². The summed E-state index contributed by atoms with van der Waals surface area (Å²) >= 11 is 3.18. The van der Waals surface area contributed by atoms with Crippen molar-refractivity contribution in [2.75, 3.05) is 11.1 Å². The van der Waals surface area contributed by atoms with E-state index in [0.717, 1.165) is 23.1 Å². The fraction of sp³-hybridized carbons (Fsp3) is 0.196. The highest BCUT2D eigenvalue weighted by molar-refractivity contribution is 8.17. The number of rotatable bonds is 14. The summed E-state index contributed by atoms with van der Waals surface area (Å²) in [5.41, 5.74) is 1.02. The SMILES string of the molecule is CC(=O)SC1=C(C(=O)OC(c2ccccc2)c2ccccc2)N2C(=O)C(NC(=O)C(=NOC(c3ccccc3)(c3ccccc3)c3ccccc3)c3csc(NC(=O)OC(C)(C)C)n3)C2SC1. The van der Waals surface area contributed by atoms with Gasteiger partial charge < -0.3 is 19.6 Å². The van der Waals surface area contributed by atoms with E-state index in [2.05, 4.69) is 20.8 Å². The lowest BCUT2D eigenvalue weighted by Crippen LogP contribution is -2.71. The van der Waals surface area contributed by atoms with Crippen LogP contribution in [0.4, 0.5) is 9.93 Å². The molecule has 340 valence electrons. The Labute approximate surface area is 400 Å². The van der Waals surface area contributed by atoms with Crippen molar-refractivity contribution in [2.45, 2.75) is 56.4 Å². The Balaban J connectivity index is 1.14. The minimum atomic E-state index is -1.40. The second-order valence-corrected chi connectivity index (χ2v) is 19.5. The summed E-state index contributed by atoms with van der Waals surface area (Å²) in [5, 5.41) is 10.7. The second kappa shape index (κ2) is 20.2. The number of esters is 1. The molecule has 67 heavy (non-hydrogen) atoms. The zero-order valence-corrected chi connectivity index (χ0v) is 39.2. The number of thioether (sulfide) groups is 2. The molecule has 2 N–H and O–H groups in total. The fourth-order valence-electron chi connectivity index (χ4n) is 7.62. The van der Waals surface area contributed by atoms with Crippen LogP contribution in [0.25, 0.3) is 0 Å². The van der Waals surface area contributed by atoms with E-state index in [9.17, 15) is 24.0 Å². The highest BCUT2D eigenvalue weighted by Gasteiger charge is 2.55. The van der Waals surface area contributed by atoms with Crippen LogP contribution in [0.15, 0.2) is 173 Å². The van der Waals surface area contributed by atoms with Crippen LogP contribution in [0.3, 0.4) is 0 Å². The number of ether oxygens (including phenoxy) is 2. The molecule has 2 aliphatic heterocycles. The Morgan fingerprint density at radius 2 is 1.28 bits per heavy atom. The normalized spacial score (nSPS) is 16.1. The Bertz CT molecular complexity index is 2680. The van der Waals surface area contributed by atoms with Crippen molar-refractivity contribution in [3.8, 4) is 0 Å². The Morgan fingerprint density at radius 3 is 1.78 bits per heavy atom.